The summed E-state index contributed by atoms with van der Waals surface area (Å²) in [6.45, 7) is 0.148. The Morgan fingerprint density at radius 3 is 2.77 bits per heavy atom. The maximum Gasteiger partial charge on any atom is 0.341 e. The molecule has 0 atom stereocenters. The van der Waals surface area contributed by atoms with Crippen LogP contribution in [0.2, 0.25) is 0 Å². The average Bonchev–Trinajstić information content (AvgIpc) is 2.15. The Labute approximate surface area is 80.9 Å². The Morgan fingerprint density at radius 2 is 2.15 bits per heavy atom. The number of ether oxygens (including phenoxy) is 1. The molecule has 0 heterocycles. The molecule has 0 aliphatic carbocycles. The molecule has 1 N–H and O–H groups in total. The number of alkyl halides is 1. The number of esters is 1. The summed E-state index contributed by atoms with van der Waals surface area (Å²) in [5.41, 5.74) is 0.160. The minimum absolute atomic E-state index is 0.0814. The van der Waals surface area contributed by atoms with E-state index in [1.807, 2.05) is 0 Å². The second kappa shape index (κ2) is 4.72. The number of halogens is 1. The molecule has 0 bridgehead atoms. The molecular formula is C9H9ClO3. The second-order valence-electron chi connectivity index (χ2n) is 2.34. The van der Waals surface area contributed by atoms with Gasteiger partial charge in [0.1, 0.15) is 17.9 Å². The van der Waals surface area contributed by atoms with E-state index in [1.165, 1.54) is 12.1 Å². The highest BCUT2D eigenvalue weighted by Crippen LogP contribution is 2.16. The summed E-state index contributed by atoms with van der Waals surface area (Å²) in [5.74, 6) is -0.389. The molecule has 0 unspecified atom stereocenters. The minimum atomic E-state index is -0.557. The molecular weight excluding hydrogens is 192 g/mol. The van der Waals surface area contributed by atoms with Crippen molar-refractivity contribution in [2.45, 2.75) is 0 Å². The third-order valence-electron chi connectivity index (χ3n) is 1.43. The van der Waals surface area contributed by atoms with Crippen molar-refractivity contribution in [2.24, 2.45) is 0 Å². The van der Waals surface area contributed by atoms with Crippen LogP contribution < -0.4 is 0 Å². The summed E-state index contributed by atoms with van der Waals surface area (Å²) in [6, 6.07) is 6.20. The quantitative estimate of drug-likeness (QED) is 0.598. The Balaban J connectivity index is 2.71. The van der Waals surface area contributed by atoms with E-state index in [-0.39, 0.29) is 23.8 Å². The first-order chi connectivity index (χ1) is 6.25. The molecule has 0 saturated heterocycles. The van der Waals surface area contributed by atoms with Crippen LogP contribution in [0.15, 0.2) is 24.3 Å². The third-order valence-corrected chi connectivity index (χ3v) is 1.59. The lowest BCUT2D eigenvalue weighted by Gasteiger charge is -2.03. The molecule has 0 aliphatic rings. The number of carbonyl (C=O) groups is 1. The first-order valence-corrected chi connectivity index (χ1v) is 4.30. The molecule has 1 rings (SSSR count). The van der Waals surface area contributed by atoms with Crippen LogP contribution in [0.25, 0.3) is 0 Å². The van der Waals surface area contributed by atoms with Gasteiger partial charge >= 0.3 is 5.97 Å². The Kier molecular flexibility index (Phi) is 3.58. The number of hydrogen-bond acceptors (Lipinski definition) is 3. The van der Waals surface area contributed by atoms with Crippen molar-refractivity contribution in [3.63, 3.8) is 0 Å². The molecule has 70 valence electrons. The normalized spacial score (nSPS) is 9.62. The highest BCUT2D eigenvalue weighted by Gasteiger charge is 2.10. The van der Waals surface area contributed by atoms with Gasteiger partial charge in [0.05, 0.1) is 5.88 Å². The van der Waals surface area contributed by atoms with Crippen molar-refractivity contribution in [2.75, 3.05) is 12.5 Å². The molecule has 4 heteroatoms. The van der Waals surface area contributed by atoms with Gasteiger partial charge in [0.15, 0.2) is 0 Å². The number of benzene rings is 1. The molecule has 3 nitrogen and oxygen atoms in total. The summed E-state index contributed by atoms with van der Waals surface area (Å²) in [6.07, 6.45) is 0. The van der Waals surface area contributed by atoms with E-state index >= 15 is 0 Å². The fourth-order valence-electron chi connectivity index (χ4n) is 0.855. The summed E-state index contributed by atoms with van der Waals surface area (Å²) in [4.78, 5) is 11.2. The number of para-hydroxylation sites is 1. The maximum absolute atomic E-state index is 11.2. The molecule has 0 amide bonds. The Morgan fingerprint density at radius 1 is 1.46 bits per heavy atom. The minimum Gasteiger partial charge on any atom is -0.507 e. The highest BCUT2D eigenvalue weighted by molar-refractivity contribution is 6.18. The van der Waals surface area contributed by atoms with Gasteiger partial charge in [-0.1, -0.05) is 12.1 Å². The third kappa shape index (κ3) is 2.63. The molecule has 0 aliphatic heterocycles. The van der Waals surface area contributed by atoms with Gasteiger partial charge < -0.3 is 9.84 Å². The fourth-order valence-corrected chi connectivity index (χ4v) is 0.932. The van der Waals surface area contributed by atoms with E-state index in [9.17, 15) is 9.90 Å². The number of phenolic OH excluding ortho intramolecular Hbond substituents is 1. The maximum atomic E-state index is 11.2. The van der Waals surface area contributed by atoms with Crippen LogP contribution in [-0.4, -0.2) is 23.6 Å². The first-order valence-electron chi connectivity index (χ1n) is 3.77. The van der Waals surface area contributed by atoms with Gasteiger partial charge in [-0.05, 0) is 12.1 Å². The van der Waals surface area contributed by atoms with Crippen molar-refractivity contribution in [3.05, 3.63) is 29.8 Å². The van der Waals surface area contributed by atoms with Gasteiger partial charge in [0.2, 0.25) is 0 Å². The Bertz CT molecular complexity index is 299. The van der Waals surface area contributed by atoms with Crippen molar-refractivity contribution < 1.29 is 14.6 Å². The number of carbonyl (C=O) groups excluding carboxylic acids is 1. The van der Waals surface area contributed by atoms with Crippen molar-refractivity contribution in [3.8, 4) is 5.75 Å². The van der Waals surface area contributed by atoms with Crippen LogP contribution in [-0.2, 0) is 4.74 Å². The molecule has 1 aromatic carbocycles. The van der Waals surface area contributed by atoms with Gasteiger partial charge in [0, 0.05) is 0 Å². The molecule has 0 radical (unpaired) electrons. The van der Waals surface area contributed by atoms with Crippen LogP contribution in [0, 0.1) is 0 Å². The topological polar surface area (TPSA) is 46.5 Å². The van der Waals surface area contributed by atoms with E-state index in [0.29, 0.717) is 0 Å². The SMILES string of the molecule is O=C(OCCCl)c1ccccc1O. The van der Waals surface area contributed by atoms with Crippen molar-refractivity contribution in [1.82, 2.24) is 0 Å². The van der Waals surface area contributed by atoms with Crippen molar-refractivity contribution in [1.29, 1.82) is 0 Å². The lowest BCUT2D eigenvalue weighted by molar-refractivity contribution is 0.0526. The van der Waals surface area contributed by atoms with E-state index < -0.39 is 5.97 Å². The zero-order valence-corrected chi connectivity index (χ0v) is 7.62. The van der Waals surface area contributed by atoms with E-state index in [2.05, 4.69) is 0 Å². The van der Waals surface area contributed by atoms with Crippen LogP contribution in [0.5, 0.6) is 5.75 Å². The Hall–Kier alpha value is -1.22. The van der Waals surface area contributed by atoms with E-state index in [1.54, 1.807) is 12.1 Å². The number of phenols is 1. The largest absolute Gasteiger partial charge is 0.507 e. The van der Waals surface area contributed by atoms with Crippen molar-refractivity contribution >= 4 is 17.6 Å². The fraction of sp³-hybridized carbons (Fsp3) is 0.222. The van der Waals surface area contributed by atoms with Gasteiger partial charge in [0.25, 0.3) is 0 Å². The molecule has 0 saturated carbocycles. The molecule has 0 fully saturated rings. The monoisotopic (exact) mass is 200 g/mol. The predicted molar refractivity (Wildman–Crippen MR) is 49.1 cm³/mol. The van der Waals surface area contributed by atoms with Crippen LogP contribution >= 0.6 is 11.6 Å². The van der Waals surface area contributed by atoms with E-state index in [0.717, 1.165) is 0 Å². The first kappa shape index (κ1) is 9.86. The summed E-state index contributed by atoms with van der Waals surface area (Å²) < 4.78 is 4.73. The summed E-state index contributed by atoms with van der Waals surface area (Å²) in [5, 5.41) is 9.25. The standard InChI is InChI=1S/C9H9ClO3/c10-5-6-13-9(12)7-3-1-2-4-8(7)11/h1-4,11H,5-6H2. The zero-order chi connectivity index (χ0) is 9.68. The van der Waals surface area contributed by atoms with Crippen LogP contribution in [0.1, 0.15) is 10.4 Å². The van der Waals surface area contributed by atoms with Crippen LogP contribution in [0.4, 0.5) is 0 Å². The van der Waals surface area contributed by atoms with E-state index in [4.69, 9.17) is 16.3 Å². The smallest absolute Gasteiger partial charge is 0.341 e. The number of aromatic hydroxyl groups is 1. The zero-order valence-electron chi connectivity index (χ0n) is 6.87. The van der Waals surface area contributed by atoms with Gasteiger partial charge in [-0.2, -0.15) is 0 Å². The summed E-state index contributed by atoms with van der Waals surface area (Å²) >= 11 is 5.33. The van der Waals surface area contributed by atoms with Gasteiger partial charge in [-0.15, -0.1) is 11.6 Å². The average molecular weight is 201 g/mol. The van der Waals surface area contributed by atoms with Gasteiger partial charge in [-0.3, -0.25) is 0 Å². The molecule has 1 aromatic rings. The lowest BCUT2D eigenvalue weighted by Crippen LogP contribution is -2.07. The highest BCUT2D eigenvalue weighted by atomic mass is 35.5. The lowest BCUT2D eigenvalue weighted by atomic mass is 10.2. The molecule has 0 spiro atoms. The van der Waals surface area contributed by atoms with Crippen LogP contribution in [0.3, 0.4) is 0 Å². The second-order valence-corrected chi connectivity index (χ2v) is 2.72. The summed E-state index contributed by atoms with van der Waals surface area (Å²) in [7, 11) is 0. The molecule has 13 heavy (non-hydrogen) atoms. The predicted octanol–water partition coefficient (Wildman–Crippen LogP) is 1.79. The van der Waals surface area contributed by atoms with Gasteiger partial charge in [-0.25, -0.2) is 4.79 Å². The molecule has 0 aromatic heterocycles. The number of rotatable bonds is 3. The number of hydrogen-bond donors (Lipinski definition) is 1.